The summed E-state index contributed by atoms with van der Waals surface area (Å²) in [5.74, 6) is 1.17. The average molecular weight is 373 g/mol. The SMILES string of the molecule is C=CCNC(=O)NC1COC2C(Nc3nccc(C4CCCC4)n3)COC12. The van der Waals surface area contributed by atoms with Crippen molar-refractivity contribution in [3.05, 3.63) is 30.6 Å². The molecule has 0 aromatic carbocycles. The molecule has 1 saturated carbocycles. The molecule has 1 aromatic heterocycles. The Labute approximate surface area is 159 Å². The van der Waals surface area contributed by atoms with Gasteiger partial charge in [0, 0.05) is 24.4 Å². The Balaban J connectivity index is 1.34. The third-order valence-electron chi connectivity index (χ3n) is 5.54. The van der Waals surface area contributed by atoms with Crippen LogP contribution in [0.25, 0.3) is 0 Å². The fourth-order valence-corrected chi connectivity index (χ4v) is 4.19. The molecule has 8 nitrogen and oxygen atoms in total. The molecule has 8 heteroatoms. The number of hydrogen-bond donors (Lipinski definition) is 3. The average Bonchev–Trinajstić information content (AvgIpc) is 3.41. The van der Waals surface area contributed by atoms with Crippen LogP contribution in [0.4, 0.5) is 10.7 Å². The summed E-state index contributed by atoms with van der Waals surface area (Å²) in [6.07, 6.45) is 8.12. The first-order valence-electron chi connectivity index (χ1n) is 9.72. The van der Waals surface area contributed by atoms with E-state index in [-0.39, 0.29) is 30.3 Å². The van der Waals surface area contributed by atoms with Gasteiger partial charge in [-0.25, -0.2) is 14.8 Å². The van der Waals surface area contributed by atoms with Gasteiger partial charge in [-0.15, -0.1) is 6.58 Å². The highest BCUT2D eigenvalue weighted by atomic mass is 16.6. The first kappa shape index (κ1) is 18.2. The van der Waals surface area contributed by atoms with Crippen molar-refractivity contribution < 1.29 is 14.3 Å². The van der Waals surface area contributed by atoms with E-state index in [1.165, 1.54) is 25.7 Å². The van der Waals surface area contributed by atoms with Gasteiger partial charge >= 0.3 is 6.03 Å². The van der Waals surface area contributed by atoms with Crippen LogP contribution in [0.2, 0.25) is 0 Å². The van der Waals surface area contributed by atoms with Crippen LogP contribution >= 0.6 is 0 Å². The van der Waals surface area contributed by atoms with Crippen molar-refractivity contribution in [2.75, 3.05) is 25.1 Å². The normalized spacial score (nSPS) is 30.1. The van der Waals surface area contributed by atoms with Gasteiger partial charge in [-0.2, -0.15) is 0 Å². The Morgan fingerprint density at radius 3 is 2.74 bits per heavy atom. The molecule has 2 saturated heterocycles. The molecule has 1 aliphatic carbocycles. The molecular formula is C19H27N5O3. The summed E-state index contributed by atoms with van der Waals surface area (Å²) in [7, 11) is 0. The third-order valence-corrected chi connectivity index (χ3v) is 5.54. The van der Waals surface area contributed by atoms with Crippen LogP contribution < -0.4 is 16.0 Å². The third kappa shape index (κ3) is 4.06. The number of carbonyl (C=O) groups excluding carboxylic acids is 1. The van der Waals surface area contributed by atoms with E-state index >= 15 is 0 Å². The molecule has 0 spiro atoms. The molecule has 0 bridgehead atoms. The maximum absolute atomic E-state index is 11.9. The number of ether oxygens (including phenoxy) is 2. The Hall–Kier alpha value is -2.19. The Morgan fingerprint density at radius 1 is 1.22 bits per heavy atom. The summed E-state index contributed by atoms with van der Waals surface area (Å²) in [5, 5.41) is 8.99. The van der Waals surface area contributed by atoms with Gasteiger partial charge in [-0.05, 0) is 18.9 Å². The topological polar surface area (TPSA) is 97.4 Å². The summed E-state index contributed by atoms with van der Waals surface area (Å²) in [6.45, 7) is 4.94. The zero-order valence-corrected chi connectivity index (χ0v) is 15.4. The molecule has 4 unspecified atom stereocenters. The standard InChI is InChI=1S/C19H27N5O3/c1-2-8-21-19(25)24-15-11-27-16-14(10-26-17(15)16)23-18-20-9-7-13(22-18)12-5-3-4-6-12/h2,7,9,12,14-17H,1,3-6,8,10-11H2,(H,20,22,23)(H2,21,24,25). The Morgan fingerprint density at radius 2 is 1.96 bits per heavy atom. The van der Waals surface area contributed by atoms with E-state index in [0.717, 1.165) is 5.69 Å². The quantitative estimate of drug-likeness (QED) is 0.655. The summed E-state index contributed by atoms with van der Waals surface area (Å²) in [5.41, 5.74) is 1.12. The second-order valence-corrected chi connectivity index (χ2v) is 7.38. The molecule has 2 aliphatic heterocycles. The van der Waals surface area contributed by atoms with Crippen LogP contribution in [0.1, 0.15) is 37.3 Å². The highest BCUT2D eigenvalue weighted by Crippen LogP contribution is 2.33. The zero-order valence-electron chi connectivity index (χ0n) is 15.4. The fraction of sp³-hybridized carbons (Fsp3) is 0.632. The van der Waals surface area contributed by atoms with Gasteiger partial charge in [-0.3, -0.25) is 0 Å². The van der Waals surface area contributed by atoms with E-state index in [4.69, 9.17) is 14.5 Å². The van der Waals surface area contributed by atoms with Crippen LogP contribution in [0, 0.1) is 0 Å². The lowest BCUT2D eigenvalue weighted by Crippen LogP contribution is -2.48. The first-order chi connectivity index (χ1) is 13.2. The van der Waals surface area contributed by atoms with Gasteiger partial charge in [-0.1, -0.05) is 18.9 Å². The van der Waals surface area contributed by atoms with Crippen molar-refractivity contribution in [1.82, 2.24) is 20.6 Å². The van der Waals surface area contributed by atoms with Gasteiger partial charge < -0.3 is 25.4 Å². The molecule has 3 fully saturated rings. The number of carbonyl (C=O) groups is 1. The number of anilines is 1. The molecule has 146 valence electrons. The van der Waals surface area contributed by atoms with Crippen LogP contribution in [0.5, 0.6) is 0 Å². The lowest BCUT2D eigenvalue weighted by Gasteiger charge is -2.19. The highest BCUT2D eigenvalue weighted by molar-refractivity contribution is 5.74. The Kier molecular flexibility index (Phi) is 5.54. The first-order valence-corrected chi connectivity index (χ1v) is 9.72. The van der Waals surface area contributed by atoms with Gasteiger partial charge in [0.05, 0.1) is 25.3 Å². The molecule has 27 heavy (non-hydrogen) atoms. The number of nitrogens with one attached hydrogen (secondary N) is 3. The fourth-order valence-electron chi connectivity index (χ4n) is 4.19. The van der Waals surface area contributed by atoms with Crippen molar-refractivity contribution in [2.24, 2.45) is 0 Å². The largest absolute Gasteiger partial charge is 0.371 e. The van der Waals surface area contributed by atoms with E-state index < -0.39 is 0 Å². The molecule has 1 aromatic rings. The van der Waals surface area contributed by atoms with Crippen LogP contribution in [-0.2, 0) is 9.47 Å². The molecule has 3 heterocycles. The molecule has 4 rings (SSSR count). The maximum Gasteiger partial charge on any atom is 0.315 e. The van der Waals surface area contributed by atoms with E-state index in [0.29, 0.717) is 31.6 Å². The molecule has 0 radical (unpaired) electrons. The van der Waals surface area contributed by atoms with E-state index in [1.807, 2.05) is 12.3 Å². The van der Waals surface area contributed by atoms with E-state index in [9.17, 15) is 4.79 Å². The van der Waals surface area contributed by atoms with E-state index in [1.54, 1.807) is 6.08 Å². The second-order valence-electron chi connectivity index (χ2n) is 7.38. The number of nitrogens with zero attached hydrogens (tertiary/aromatic N) is 2. The zero-order chi connectivity index (χ0) is 18.6. The van der Waals surface area contributed by atoms with Crippen molar-refractivity contribution >= 4 is 12.0 Å². The monoisotopic (exact) mass is 373 g/mol. The molecular weight excluding hydrogens is 346 g/mol. The summed E-state index contributed by atoms with van der Waals surface area (Å²) in [6, 6.07) is 1.58. The summed E-state index contributed by atoms with van der Waals surface area (Å²) in [4.78, 5) is 20.9. The predicted octanol–water partition coefficient (Wildman–Crippen LogP) is 1.57. The van der Waals surface area contributed by atoms with Crippen molar-refractivity contribution in [3.8, 4) is 0 Å². The number of amides is 2. The molecule has 2 amide bonds. The molecule has 4 atom stereocenters. The number of fused-ring (bicyclic) bond motifs is 1. The highest BCUT2D eigenvalue weighted by Gasteiger charge is 2.48. The molecule has 3 N–H and O–H groups in total. The summed E-state index contributed by atoms with van der Waals surface area (Å²) >= 11 is 0. The maximum atomic E-state index is 11.9. The van der Waals surface area contributed by atoms with Crippen LogP contribution in [0.15, 0.2) is 24.9 Å². The van der Waals surface area contributed by atoms with Crippen LogP contribution in [0.3, 0.4) is 0 Å². The lowest BCUT2D eigenvalue weighted by atomic mass is 10.0. The number of hydrogen-bond acceptors (Lipinski definition) is 6. The minimum absolute atomic E-state index is 0.0307. The smallest absolute Gasteiger partial charge is 0.315 e. The van der Waals surface area contributed by atoms with E-state index in [2.05, 4.69) is 27.5 Å². The second kappa shape index (κ2) is 8.22. The minimum Gasteiger partial charge on any atom is -0.371 e. The van der Waals surface area contributed by atoms with Crippen molar-refractivity contribution in [3.63, 3.8) is 0 Å². The van der Waals surface area contributed by atoms with Gasteiger partial charge in [0.25, 0.3) is 0 Å². The number of aromatic nitrogens is 2. The van der Waals surface area contributed by atoms with Gasteiger partial charge in [0.1, 0.15) is 12.2 Å². The van der Waals surface area contributed by atoms with Crippen molar-refractivity contribution in [1.29, 1.82) is 0 Å². The number of urea groups is 1. The van der Waals surface area contributed by atoms with Gasteiger partial charge in [0.15, 0.2) is 0 Å². The predicted molar refractivity (Wildman–Crippen MR) is 101 cm³/mol. The van der Waals surface area contributed by atoms with Crippen LogP contribution in [-0.4, -0.2) is 60.0 Å². The number of rotatable bonds is 6. The summed E-state index contributed by atoms with van der Waals surface area (Å²) < 4.78 is 11.8. The van der Waals surface area contributed by atoms with Crippen molar-refractivity contribution in [2.45, 2.75) is 55.9 Å². The Bertz CT molecular complexity index is 679. The minimum atomic E-state index is -0.239. The molecule has 3 aliphatic rings. The van der Waals surface area contributed by atoms with Gasteiger partial charge in [0.2, 0.25) is 5.95 Å². The lowest BCUT2D eigenvalue weighted by molar-refractivity contribution is 0.0682.